The van der Waals surface area contributed by atoms with Crippen LogP contribution in [0.1, 0.15) is 61.8 Å². The second kappa shape index (κ2) is 7.56. The summed E-state index contributed by atoms with van der Waals surface area (Å²) in [7, 11) is 0. The first-order chi connectivity index (χ1) is 12.7. The van der Waals surface area contributed by atoms with Crippen LogP contribution < -0.4 is 0 Å². The van der Waals surface area contributed by atoms with Crippen molar-refractivity contribution in [2.45, 2.75) is 64.0 Å². The van der Waals surface area contributed by atoms with Gasteiger partial charge in [0.25, 0.3) is 0 Å². The molecule has 1 saturated heterocycles. The predicted octanol–water partition coefficient (Wildman–Crippen LogP) is 3.44. The molecule has 0 N–H and O–H groups in total. The standard InChI is InChI=1S/C20H25FN4O/c21-16-7-4-6-15(14-16)10-11-19(26)24-13-5-8-17(24)20-23-22-18-9-2-1-3-12-25(18)20/h4,6-7,14,17H,1-3,5,8-13H2. The topological polar surface area (TPSA) is 51.0 Å². The van der Waals surface area contributed by atoms with E-state index in [4.69, 9.17) is 0 Å². The Labute approximate surface area is 153 Å². The average molecular weight is 356 g/mol. The maximum atomic E-state index is 13.3. The van der Waals surface area contributed by atoms with Crippen LogP contribution in [0, 0.1) is 5.82 Å². The molecule has 0 bridgehead atoms. The van der Waals surface area contributed by atoms with E-state index >= 15 is 0 Å². The number of aryl methyl sites for hydroxylation is 2. The molecule has 6 heteroatoms. The van der Waals surface area contributed by atoms with E-state index in [0.717, 1.165) is 56.0 Å². The van der Waals surface area contributed by atoms with E-state index in [0.29, 0.717) is 12.8 Å². The lowest BCUT2D eigenvalue weighted by molar-refractivity contribution is -0.132. The highest BCUT2D eigenvalue weighted by Crippen LogP contribution is 2.33. The van der Waals surface area contributed by atoms with Gasteiger partial charge in [0.2, 0.25) is 5.91 Å². The summed E-state index contributed by atoms with van der Waals surface area (Å²) in [5.74, 6) is 1.90. The smallest absolute Gasteiger partial charge is 0.223 e. The Morgan fingerprint density at radius 2 is 2.08 bits per heavy atom. The minimum Gasteiger partial charge on any atom is -0.332 e. The number of fused-ring (bicyclic) bond motifs is 1. The second-order valence-corrected chi connectivity index (χ2v) is 7.31. The van der Waals surface area contributed by atoms with Gasteiger partial charge < -0.3 is 9.47 Å². The molecule has 2 aliphatic heterocycles. The van der Waals surface area contributed by atoms with Gasteiger partial charge in [-0.25, -0.2) is 4.39 Å². The molecule has 0 saturated carbocycles. The van der Waals surface area contributed by atoms with Crippen LogP contribution in [-0.4, -0.2) is 32.1 Å². The van der Waals surface area contributed by atoms with Crippen molar-refractivity contribution in [3.63, 3.8) is 0 Å². The van der Waals surface area contributed by atoms with Crippen LogP contribution in [0.5, 0.6) is 0 Å². The fourth-order valence-electron chi connectivity index (χ4n) is 4.18. The van der Waals surface area contributed by atoms with Gasteiger partial charge in [-0.15, -0.1) is 10.2 Å². The number of hydrogen-bond acceptors (Lipinski definition) is 3. The average Bonchev–Trinajstić information content (AvgIpc) is 3.21. The predicted molar refractivity (Wildman–Crippen MR) is 96.0 cm³/mol. The lowest BCUT2D eigenvalue weighted by Gasteiger charge is -2.25. The van der Waals surface area contributed by atoms with Gasteiger partial charge in [-0.2, -0.15) is 0 Å². The Morgan fingerprint density at radius 1 is 1.15 bits per heavy atom. The molecule has 1 aromatic carbocycles. The molecular weight excluding hydrogens is 331 g/mol. The van der Waals surface area contributed by atoms with Gasteiger partial charge in [0.05, 0.1) is 6.04 Å². The first-order valence-electron chi connectivity index (χ1n) is 9.68. The van der Waals surface area contributed by atoms with Gasteiger partial charge in [-0.1, -0.05) is 18.6 Å². The van der Waals surface area contributed by atoms with Crippen LogP contribution in [0.3, 0.4) is 0 Å². The summed E-state index contributed by atoms with van der Waals surface area (Å²) in [6, 6.07) is 6.54. The van der Waals surface area contributed by atoms with Gasteiger partial charge >= 0.3 is 0 Å². The van der Waals surface area contributed by atoms with Crippen molar-refractivity contribution in [1.82, 2.24) is 19.7 Å². The molecule has 3 heterocycles. The molecule has 2 aliphatic rings. The lowest BCUT2D eigenvalue weighted by atomic mass is 10.1. The monoisotopic (exact) mass is 356 g/mol. The Morgan fingerprint density at radius 3 is 2.96 bits per heavy atom. The quantitative estimate of drug-likeness (QED) is 0.843. The number of amides is 1. The zero-order valence-corrected chi connectivity index (χ0v) is 15.0. The summed E-state index contributed by atoms with van der Waals surface area (Å²) in [5, 5.41) is 8.85. The molecule has 1 atom stereocenters. The van der Waals surface area contributed by atoms with Crippen molar-refractivity contribution in [1.29, 1.82) is 0 Å². The Kier molecular flexibility index (Phi) is 5.00. The molecular formula is C20H25FN4O. The normalized spacial score (nSPS) is 20.0. The third kappa shape index (κ3) is 3.50. The maximum Gasteiger partial charge on any atom is 0.223 e. The van der Waals surface area contributed by atoms with Crippen LogP contribution in [0.15, 0.2) is 24.3 Å². The number of carbonyl (C=O) groups excluding carboxylic acids is 1. The van der Waals surface area contributed by atoms with E-state index in [1.165, 1.54) is 25.0 Å². The second-order valence-electron chi connectivity index (χ2n) is 7.31. The number of carbonyl (C=O) groups is 1. The van der Waals surface area contributed by atoms with Gasteiger partial charge in [0, 0.05) is 25.9 Å². The largest absolute Gasteiger partial charge is 0.332 e. The zero-order chi connectivity index (χ0) is 17.9. The highest BCUT2D eigenvalue weighted by Gasteiger charge is 2.34. The van der Waals surface area contributed by atoms with Gasteiger partial charge in [0.1, 0.15) is 11.6 Å². The summed E-state index contributed by atoms with van der Waals surface area (Å²) in [4.78, 5) is 14.8. The first kappa shape index (κ1) is 17.2. The Hall–Kier alpha value is -2.24. The third-order valence-corrected chi connectivity index (χ3v) is 5.53. The van der Waals surface area contributed by atoms with E-state index in [2.05, 4.69) is 14.8 Å². The number of halogens is 1. The summed E-state index contributed by atoms with van der Waals surface area (Å²) in [6.45, 7) is 1.73. The van der Waals surface area contributed by atoms with Crippen LogP contribution in [0.4, 0.5) is 4.39 Å². The SMILES string of the molecule is O=C(CCc1cccc(F)c1)N1CCCC1c1nnc2n1CCCCC2. The van der Waals surface area contributed by atoms with Crippen molar-refractivity contribution in [2.24, 2.45) is 0 Å². The fraction of sp³-hybridized carbons (Fsp3) is 0.550. The van der Waals surface area contributed by atoms with Gasteiger partial charge in [0.15, 0.2) is 5.82 Å². The van der Waals surface area contributed by atoms with Crippen molar-refractivity contribution < 1.29 is 9.18 Å². The minimum atomic E-state index is -0.250. The number of nitrogens with zero attached hydrogens (tertiary/aromatic N) is 4. The van der Waals surface area contributed by atoms with Crippen molar-refractivity contribution >= 4 is 5.91 Å². The number of rotatable bonds is 4. The van der Waals surface area contributed by atoms with Crippen LogP contribution in [0.2, 0.25) is 0 Å². The first-order valence-corrected chi connectivity index (χ1v) is 9.68. The summed E-state index contributed by atoms with van der Waals surface area (Å²) >= 11 is 0. The zero-order valence-electron chi connectivity index (χ0n) is 15.0. The molecule has 26 heavy (non-hydrogen) atoms. The molecule has 2 aromatic rings. The summed E-state index contributed by atoms with van der Waals surface area (Å²) in [5.41, 5.74) is 0.866. The maximum absolute atomic E-state index is 13.3. The van der Waals surface area contributed by atoms with Crippen molar-refractivity contribution in [3.8, 4) is 0 Å². The molecule has 4 rings (SSSR count). The van der Waals surface area contributed by atoms with Crippen molar-refractivity contribution in [2.75, 3.05) is 6.54 Å². The van der Waals surface area contributed by atoms with Crippen LogP contribution in [0.25, 0.3) is 0 Å². The van der Waals surface area contributed by atoms with Crippen molar-refractivity contribution in [3.05, 3.63) is 47.3 Å². The highest BCUT2D eigenvalue weighted by atomic mass is 19.1. The van der Waals surface area contributed by atoms with Gasteiger partial charge in [-0.05, 0) is 49.8 Å². The lowest BCUT2D eigenvalue weighted by Crippen LogP contribution is -2.32. The molecule has 1 fully saturated rings. The van der Waals surface area contributed by atoms with E-state index in [1.54, 1.807) is 6.07 Å². The summed E-state index contributed by atoms with van der Waals surface area (Å²) < 4.78 is 15.6. The molecule has 0 spiro atoms. The molecule has 1 amide bonds. The number of benzene rings is 1. The van der Waals surface area contributed by atoms with Gasteiger partial charge in [-0.3, -0.25) is 4.79 Å². The molecule has 1 aromatic heterocycles. The molecule has 1 unspecified atom stereocenters. The number of aromatic nitrogens is 3. The number of likely N-dealkylation sites (tertiary alicyclic amines) is 1. The van der Waals surface area contributed by atoms with Crippen LogP contribution >= 0.6 is 0 Å². The molecule has 138 valence electrons. The molecule has 0 radical (unpaired) electrons. The molecule has 0 aliphatic carbocycles. The number of hydrogen-bond donors (Lipinski definition) is 0. The van der Waals surface area contributed by atoms with E-state index in [1.807, 2.05) is 11.0 Å². The fourth-order valence-corrected chi connectivity index (χ4v) is 4.18. The Bertz CT molecular complexity index is 788. The summed E-state index contributed by atoms with van der Waals surface area (Å²) in [6.07, 6.45) is 7.44. The molecule has 5 nitrogen and oxygen atoms in total. The highest BCUT2D eigenvalue weighted by molar-refractivity contribution is 5.77. The minimum absolute atomic E-state index is 0.0364. The Balaban J connectivity index is 1.46. The third-order valence-electron chi connectivity index (χ3n) is 5.53. The van der Waals surface area contributed by atoms with E-state index in [9.17, 15) is 9.18 Å². The van der Waals surface area contributed by atoms with Crippen LogP contribution in [-0.2, 0) is 24.2 Å². The van der Waals surface area contributed by atoms with E-state index in [-0.39, 0.29) is 17.8 Å². The van der Waals surface area contributed by atoms with E-state index < -0.39 is 0 Å².